The third kappa shape index (κ3) is 5.95. The molecule has 7 nitrogen and oxygen atoms in total. The molecule has 2 amide bonds. The topological polar surface area (TPSA) is 78.4 Å². The number of benzene rings is 1. The number of piperazine rings is 1. The Labute approximate surface area is 182 Å². The summed E-state index contributed by atoms with van der Waals surface area (Å²) in [5, 5.41) is 3.54. The van der Waals surface area contributed by atoms with Gasteiger partial charge in [0.05, 0.1) is 5.75 Å². The second kappa shape index (κ2) is 9.93. The summed E-state index contributed by atoms with van der Waals surface area (Å²) in [7, 11) is 0. The van der Waals surface area contributed by atoms with Crippen molar-refractivity contribution in [3.05, 3.63) is 41.7 Å². The van der Waals surface area contributed by atoms with Gasteiger partial charge in [0.2, 0.25) is 11.8 Å². The van der Waals surface area contributed by atoms with Crippen molar-refractivity contribution in [3.63, 3.8) is 0 Å². The number of carbonyl (C=O) groups is 2. The quantitative estimate of drug-likeness (QED) is 0.564. The Morgan fingerprint density at radius 3 is 2.20 bits per heavy atom. The molecule has 3 rings (SSSR count). The lowest BCUT2D eigenvalue weighted by atomic mass is 10.1. The lowest BCUT2D eigenvalue weighted by Gasteiger charge is -2.37. The van der Waals surface area contributed by atoms with Crippen molar-refractivity contribution in [2.24, 2.45) is 5.92 Å². The zero-order valence-electron chi connectivity index (χ0n) is 18.0. The Balaban J connectivity index is 1.48. The summed E-state index contributed by atoms with van der Waals surface area (Å²) in [5.74, 6) is 0.434. The third-order valence-electron chi connectivity index (χ3n) is 4.90. The van der Waals surface area contributed by atoms with Crippen molar-refractivity contribution in [1.29, 1.82) is 0 Å². The molecule has 30 heavy (non-hydrogen) atoms. The summed E-state index contributed by atoms with van der Waals surface area (Å²) < 4.78 is 0. The van der Waals surface area contributed by atoms with Gasteiger partial charge in [-0.1, -0.05) is 25.6 Å². The van der Waals surface area contributed by atoms with Crippen LogP contribution < -0.4 is 10.2 Å². The van der Waals surface area contributed by atoms with Crippen molar-refractivity contribution in [1.82, 2.24) is 14.9 Å². The molecule has 0 bridgehead atoms. The summed E-state index contributed by atoms with van der Waals surface area (Å²) in [4.78, 5) is 37.3. The number of nitrogens with one attached hydrogen (secondary N) is 1. The molecule has 1 aliphatic rings. The van der Waals surface area contributed by atoms with E-state index in [9.17, 15) is 9.59 Å². The summed E-state index contributed by atoms with van der Waals surface area (Å²) >= 11 is 1.33. The maximum atomic E-state index is 12.3. The standard InChI is InChI=1S/C22H29N5O2S/c1-15(2)21(29)27-11-9-26(10-12-27)19-7-5-18(6-8-19)25-20(28)14-30-22-23-16(3)13-17(4)24-22/h5-8,13,15H,9-12,14H2,1-4H3,(H,25,28). The number of thioether (sulfide) groups is 1. The predicted octanol–water partition coefficient (Wildman–Crippen LogP) is 3.13. The average molecular weight is 428 g/mol. The highest BCUT2D eigenvalue weighted by atomic mass is 32.2. The molecule has 0 saturated carbocycles. The first kappa shape index (κ1) is 22.1. The third-order valence-corrected chi connectivity index (χ3v) is 5.74. The van der Waals surface area contributed by atoms with Crippen molar-refractivity contribution in [2.75, 3.05) is 42.1 Å². The SMILES string of the molecule is Cc1cc(C)nc(SCC(=O)Nc2ccc(N3CCN(C(=O)C(C)C)CC3)cc2)n1. The van der Waals surface area contributed by atoms with Crippen molar-refractivity contribution < 1.29 is 9.59 Å². The zero-order chi connectivity index (χ0) is 21.7. The first-order valence-electron chi connectivity index (χ1n) is 10.2. The molecule has 1 aliphatic heterocycles. The Bertz CT molecular complexity index is 873. The molecule has 0 radical (unpaired) electrons. The van der Waals surface area contributed by atoms with E-state index in [0.717, 1.165) is 48.9 Å². The first-order valence-corrected chi connectivity index (χ1v) is 11.2. The predicted molar refractivity (Wildman–Crippen MR) is 121 cm³/mol. The smallest absolute Gasteiger partial charge is 0.234 e. The molecule has 0 aliphatic carbocycles. The fourth-order valence-corrected chi connectivity index (χ4v) is 4.14. The number of hydrogen-bond acceptors (Lipinski definition) is 6. The summed E-state index contributed by atoms with van der Waals surface area (Å²) in [6, 6.07) is 9.76. The van der Waals surface area contributed by atoms with E-state index in [4.69, 9.17) is 0 Å². The summed E-state index contributed by atoms with van der Waals surface area (Å²) in [5.41, 5.74) is 3.66. The van der Waals surface area contributed by atoms with Gasteiger partial charge in [0.1, 0.15) is 0 Å². The fourth-order valence-electron chi connectivity index (χ4n) is 3.39. The number of rotatable bonds is 6. The molecule has 1 N–H and O–H groups in total. The number of carbonyl (C=O) groups excluding carboxylic acids is 2. The van der Waals surface area contributed by atoms with Gasteiger partial charge in [0, 0.05) is 54.9 Å². The first-order chi connectivity index (χ1) is 14.3. The maximum Gasteiger partial charge on any atom is 0.234 e. The molecule has 8 heteroatoms. The van der Waals surface area contributed by atoms with Gasteiger partial charge in [-0.2, -0.15) is 0 Å². The lowest BCUT2D eigenvalue weighted by Crippen LogP contribution is -2.49. The average Bonchev–Trinajstić information content (AvgIpc) is 2.72. The number of nitrogens with zero attached hydrogens (tertiary/aromatic N) is 4. The van der Waals surface area contributed by atoms with Gasteiger partial charge in [0.25, 0.3) is 0 Å². The van der Waals surface area contributed by atoms with Crippen LogP contribution in [0.25, 0.3) is 0 Å². The van der Waals surface area contributed by atoms with Gasteiger partial charge < -0.3 is 15.1 Å². The van der Waals surface area contributed by atoms with E-state index in [0.29, 0.717) is 5.16 Å². The largest absolute Gasteiger partial charge is 0.368 e. The molecule has 2 heterocycles. The van der Waals surface area contributed by atoms with Crippen molar-refractivity contribution in [2.45, 2.75) is 32.9 Å². The van der Waals surface area contributed by atoms with E-state index in [1.54, 1.807) is 0 Å². The normalized spacial score (nSPS) is 14.2. The molecule has 0 atom stereocenters. The fraction of sp³-hybridized carbons (Fsp3) is 0.455. The molecule has 2 aromatic rings. The Morgan fingerprint density at radius 2 is 1.63 bits per heavy atom. The van der Waals surface area contributed by atoms with Crippen LogP contribution in [-0.4, -0.2) is 58.6 Å². The number of hydrogen-bond donors (Lipinski definition) is 1. The van der Waals surface area contributed by atoms with Crippen molar-refractivity contribution in [3.8, 4) is 0 Å². The highest BCUT2D eigenvalue weighted by Crippen LogP contribution is 2.21. The molecule has 0 spiro atoms. The molecule has 1 saturated heterocycles. The van der Waals surface area contributed by atoms with E-state index in [2.05, 4.69) is 20.2 Å². The van der Waals surface area contributed by atoms with Crippen molar-refractivity contribution >= 4 is 35.0 Å². The second-order valence-electron chi connectivity index (χ2n) is 7.78. The lowest BCUT2D eigenvalue weighted by molar-refractivity contribution is -0.134. The van der Waals surface area contributed by atoms with Gasteiger partial charge in [-0.3, -0.25) is 9.59 Å². The van der Waals surface area contributed by atoms with Gasteiger partial charge in [-0.25, -0.2) is 9.97 Å². The van der Waals surface area contributed by atoms with Gasteiger partial charge in [-0.15, -0.1) is 0 Å². The highest BCUT2D eigenvalue weighted by Gasteiger charge is 2.22. The molecule has 160 valence electrons. The van der Waals surface area contributed by atoms with Crippen LogP contribution in [0.1, 0.15) is 25.2 Å². The molecule has 1 aromatic heterocycles. The van der Waals surface area contributed by atoms with Gasteiger partial charge in [-0.05, 0) is 44.2 Å². The van der Waals surface area contributed by atoms with E-state index >= 15 is 0 Å². The molecular formula is C22H29N5O2S. The minimum absolute atomic E-state index is 0.0408. The van der Waals surface area contributed by atoms with Crippen LogP contribution in [-0.2, 0) is 9.59 Å². The highest BCUT2D eigenvalue weighted by molar-refractivity contribution is 7.99. The van der Waals surface area contributed by atoms with Crippen LogP contribution in [0, 0.1) is 19.8 Å². The summed E-state index contributed by atoms with van der Waals surface area (Å²) in [6.45, 7) is 10.8. The van der Waals surface area contributed by atoms with Crippen LogP contribution in [0.2, 0.25) is 0 Å². The number of anilines is 2. The molecule has 1 aromatic carbocycles. The maximum absolute atomic E-state index is 12.3. The van der Waals surface area contributed by atoms with Crippen LogP contribution in [0.4, 0.5) is 11.4 Å². The summed E-state index contributed by atoms with van der Waals surface area (Å²) in [6.07, 6.45) is 0. The minimum atomic E-state index is -0.0867. The Kier molecular flexibility index (Phi) is 7.31. The van der Waals surface area contributed by atoms with E-state index in [-0.39, 0.29) is 23.5 Å². The van der Waals surface area contributed by atoms with E-state index in [1.165, 1.54) is 11.8 Å². The zero-order valence-corrected chi connectivity index (χ0v) is 18.8. The number of aryl methyl sites for hydroxylation is 2. The van der Waals surface area contributed by atoms with E-state index in [1.807, 2.05) is 62.9 Å². The Morgan fingerprint density at radius 1 is 1.03 bits per heavy atom. The monoisotopic (exact) mass is 427 g/mol. The van der Waals surface area contributed by atoms with E-state index < -0.39 is 0 Å². The van der Waals surface area contributed by atoms with Gasteiger partial charge >= 0.3 is 0 Å². The van der Waals surface area contributed by atoms with Gasteiger partial charge in [0.15, 0.2) is 5.16 Å². The van der Waals surface area contributed by atoms with Crippen LogP contribution in [0.5, 0.6) is 0 Å². The molecule has 1 fully saturated rings. The van der Waals surface area contributed by atoms with Crippen LogP contribution >= 0.6 is 11.8 Å². The van der Waals surface area contributed by atoms with Crippen LogP contribution in [0.15, 0.2) is 35.5 Å². The molecule has 0 unspecified atom stereocenters. The second-order valence-corrected chi connectivity index (χ2v) is 8.73. The van der Waals surface area contributed by atoms with Crippen LogP contribution in [0.3, 0.4) is 0 Å². The molecular weight excluding hydrogens is 398 g/mol. The minimum Gasteiger partial charge on any atom is -0.368 e. The Hall–Kier alpha value is -2.61. The number of aromatic nitrogens is 2. The number of amides is 2.